The van der Waals surface area contributed by atoms with Crippen molar-refractivity contribution in [2.45, 2.75) is 18.7 Å². The van der Waals surface area contributed by atoms with E-state index in [-0.39, 0.29) is 17.5 Å². The molecule has 0 atom stereocenters. The van der Waals surface area contributed by atoms with E-state index in [0.29, 0.717) is 11.1 Å². The van der Waals surface area contributed by atoms with E-state index in [9.17, 15) is 13.6 Å². The number of pyridine rings is 1. The summed E-state index contributed by atoms with van der Waals surface area (Å²) in [5.74, 6) is -0.571. The lowest BCUT2D eigenvalue weighted by atomic mass is 10.1. The molecule has 0 bridgehead atoms. The first-order valence-electron chi connectivity index (χ1n) is 4.58. The molecule has 1 aromatic rings. The molecule has 17 heavy (non-hydrogen) atoms. The Labute approximate surface area is 107 Å². The molecule has 0 radical (unpaired) electrons. The van der Waals surface area contributed by atoms with Crippen LogP contribution in [0.25, 0.3) is 0 Å². The average Bonchev–Trinajstić information content (AvgIpc) is 2.30. The van der Waals surface area contributed by atoms with Gasteiger partial charge in [-0.25, -0.2) is 13.8 Å². The van der Waals surface area contributed by atoms with Gasteiger partial charge >= 0.3 is 5.97 Å². The molecule has 7 heteroatoms. The molecule has 94 valence electrons. The number of nitrogens with zero attached hydrogens (tertiary/aromatic N) is 1. The number of rotatable bonds is 4. The minimum absolute atomic E-state index is 0.0334. The Morgan fingerprint density at radius 2 is 2.24 bits per heavy atom. The summed E-state index contributed by atoms with van der Waals surface area (Å²) >= 11 is 11.4. The van der Waals surface area contributed by atoms with Gasteiger partial charge in [0.15, 0.2) is 0 Å². The molecule has 3 nitrogen and oxygen atoms in total. The van der Waals surface area contributed by atoms with Crippen molar-refractivity contribution < 1.29 is 18.3 Å². The fourth-order valence-corrected chi connectivity index (χ4v) is 1.77. The molecule has 1 heterocycles. The van der Waals surface area contributed by atoms with Crippen LogP contribution in [0.1, 0.15) is 23.2 Å². The zero-order chi connectivity index (χ0) is 13.0. The van der Waals surface area contributed by atoms with E-state index in [4.69, 9.17) is 23.2 Å². The third-order valence-corrected chi connectivity index (χ3v) is 2.70. The third kappa shape index (κ3) is 3.51. The first-order chi connectivity index (χ1) is 7.99. The second-order valence-corrected chi connectivity index (χ2v) is 3.79. The fraction of sp³-hybridized carbons (Fsp3) is 0.400. The van der Waals surface area contributed by atoms with Crippen molar-refractivity contribution in [2.75, 3.05) is 7.11 Å². The molecule has 0 aliphatic carbocycles. The molecule has 0 fully saturated rings. The number of carbonyl (C=O) groups is 1. The van der Waals surface area contributed by atoms with Gasteiger partial charge in [-0.1, -0.05) is 11.6 Å². The van der Waals surface area contributed by atoms with Gasteiger partial charge in [-0.3, -0.25) is 4.79 Å². The molecule has 0 aromatic carbocycles. The van der Waals surface area contributed by atoms with Crippen LogP contribution < -0.4 is 0 Å². The minimum atomic E-state index is -2.73. The summed E-state index contributed by atoms with van der Waals surface area (Å²) in [5.41, 5.74) is 0.213. The summed E-state index contributed by atoms with van der Waals surface area (Å²) in [7, 11) is 1.22. The Balaban J connectivity index is 3.16. The molecule has 0 N–H and O–H groups in total. The Morgan fingerprint density at radius 1 is 1.59 bits per heavy atom. The number of esters is 1. The van der Waals surface area contributed by atoms with Gasteiger partial charge in [-0.2, -0.15) is 0 Å². The number of aromatic nitrogens is 1. The summed E-state index contributed by atoms with van der Waals surface area (Å²) in [4.78, 5) is 14.6. The Bertz CT molecular complexity index is 427. The van der Waals surface area contributed by atoms with Crippen LogP contribution in [0, 0.1) is 0 Å². The molecular weight excluding hydrogens is 275 g/mol. The van der Waals surface area contributed by atoms with Gasteiger partial charge in [0, 0.05) is 11.4 Å². The van der Waals surface area contributed by atoms with Crippen molar-refractivity contribution in [1.82, 2.24) is 4.98 Å². The first-order valence-corrected chi connectivity index (χ1v) is 5.50. The molecule has 0 saturated heterocycles. The zero-order valence-corrected chi connectivity index (χ0v) is 10.4. The normalized spacial score (nSPS) is 10.7. The molecule has 0 aliphatic heterocycles. The summed E-state index contributed by atoms with van der Waals surface area (Å²) in [6.07, 6.45) is -2.88. The van der Waals surface area contributed by atoms with Gasteiger partial charge in [-0.15, -0.1) is 11.6 Å². The number of carbonyl (C=O) groups excluding carboxylic acids is 1. The average molecular weight is 284 g/mol. The zero-order valence-electron chi connectivity index (χ0n) is 8.84. The second kappa shape index (κ2) is 6.12. The summed E-state index contributed by atoms with van der Waals surface area (Å²) < 4.78 is 29.4. The standard InChI is InChI=1S/C10H9Cl2F2NO2/c1-17-8(16)3-6-5(4-11)2-7(10(13)14)15-9(6)12/h2,10H,3-4H2,1H3. The maximum absolute atomic E-state index is 12.5. The van der Waals surface area contributed by atoms with E-state index in [1.54, 1.807) is 0 Å². The summed E-state index contributed by atoms with van der Waals surface area (Å²) in [6.45, 7) is 0. The highest BCUT2D eigenvalue weighted by Gasteiger charge is 2.18. The molecule has 0 amide bonds. The van der Waals surface area contributed by atoms with Gasteiger partial charge in [0.1, 0.15) is 10.8 Å². The number of methoxy groups -OCH3 is 1. The van der Waals surface area contributed by atoms with Crippen molar-refractivity contribution >= 4 is 29.2 Å². The van der Waals surface area contributed by atoms with Crippen LogP contribution in [0.2, 0.25) is 5.15 Å². The van der Waals surface area contributed by atoms with Crippen LogP contribution in [-0.4, -0.2) is 18.1 Å². The quantitative estimate of drug-likeness (QED) is 0.484. The number of hydrogen-bond donors (Lipinski definition) is 0. The number of halogens is 4. The van der Waals surface area contributed by atoms with Crippen molar-refractivity contribution in [3.05, 3.63) is 28.0 Å². The smallest absolute Gasteiger partial charge is 0.310 e. The summed E-state index contributed by atoms with van der Waals surface area (Å²) in [5, 5.41) is -0.149. The Hall–Kier alpha value is -0.940. The van der Waals surface area contributed by atoms with E-state index in [1.165, 1.54) is 7.11 Å². The highest BCUT2D eigenvalue weighted by molar-refractivity contribution is 6.30. The third-order valence-electron chi connectivity index (χ3n) is 2.10. The Morgan fingerprint density at radius 3 is 2.71 bits per heavy atom. The van der Waals surface area contributed by atoms with Gasteiger partial charge in [0.2, 0.25) is 0 Å². The molecule has 1 rings (SSSR count). The minimum Gasteiger partial charge on any atom is -0.469 e. The monoisotopic (exact) mass is 283 g/mol. The molecule has 0 spiro atoms. The molecular formula is C10H9Cl2F2NO2. The van der Waals surface area contributed by atoms with E-state index in [1.807, 2.05) is 0 Å². The maximum atomic E-state index is 12.5. The van der Waals surface area contributed by atoms with Crippen LogP contribution >= 0.6 is 23.2 Å². The Kier molecular flexibility index (Phi) is 5.08. The number of ether oxygens (including phenoxy) is 1. The first kappa shape index (κ1) is 14.1. The van der Waals surface area contributed by atoms with E-state index >= 15 is 0 Å². The van der Waals surface area contributed by atoms with Gasteiger partial charge in [0.05, 0.1) is 13.5 Å². The van der Waals surface area contributed by atoms with Crippen LogP contribution in [-0.2, 0) is 21.8 Å². The van der Waals surface area contributed by atoms with Crippen LogP contribution in [0.3, 0.4) is 0 Å². The SMILES string of the molecule is COC(=O)Cc1c(CCl)cc(C(F)F)nc1Cl. The highest BCUT2D eigenvalue weighted by Crippen LogP contribution is 2.26. The van der Waals surface area contributed by atoms with Gasteiger partial charge in [0.25, 0.3) is 6.43 Å². The van der Waals surface area contributed by atoms with E-state index in [0.717, 1.165) is 6.07 Å². The molecule has 0 unspecified atom stereocenters. The van der Waals surface area contributed by atoms with Crippen molar-refractivity contribution in [2.24, 2.45) is 0 Å². The van der Waals surface area contributed by atoms with Crippen molar-refractivity contribution in [3.63, 3.8) is 0 Å². The lowest BCUT2D eigenvalue weighted by Crippen LogP contribution is -2.09. The van der Waals surface area contributed by atoms with Crippen LogP contribution in [0.15, 0.2) is 6.07 Å². The maximum Gasteiger partial charge on any atom is 0.310 e. The lowest BCUT2D eigenvalue weighted by Gasteiger charge is -2.10. The van der Waals surface area contributed by atoms with E-state index < -0.39 is 18.1 Å². The highest BCUT2D eigenvalue weighted by atomic mass is 35.5. The fourth-order valence-electron chi connectivity index (χ4n) is 1.25. The summed E-state index contributed by atoms with van der Waals surface area (Å²) in [6, 6.07) is 1.14. The van der Waals surface area contributed by atoms with Gasteiger partial charge in [-0.05, 0) is 11.6 Å². The number of alkyl halides is 3. The number of hydrogen-bond acceptors (Lipinski definition) is 3. The second-order valence-electron chi connectivity index (χ2n) is 3.16. The molecule has 0 saturated carbocycles. The lowest BCUT2D eigenvalue weighted by molar-refractivity contribution is -0.139. The molecule has 0 aliphatic rings. The molecule has 1 aromatic heterocycles. The van der Waals surface area contributed by atoms with Crippen molar-refractivity contribution in [3.8, 4) is 0 Å². The predicted octanol–water partition coefficient (Wildman–Crippen LogP) is 3.13. The topological polar surface area (TPSA) is 39.2 Å². The van der Waals surface area contributed by atoms with Crippen LogP contribution in [0.5, 0.6) is 0 Å². The predicted molar refractivity (Wildman–Crippen MR) is 59.5 cm³/mol. The van der Waals surface area contributed by atoms with E-state index in [2.05, 4.69) is 9.72 Å². The van der Waals surface area contributed by atoms with Gasteiger partial charge < -0.3 is 4.74 Å². The van der Waals surface area contributed by atoms with Crippen LogP contribution in [0.4, 0.5) is 8.78 Å². The van der Waals surface area contributed by atoms with Crippen molar-refractivity contribution in [1.29, 1.82) is 0 Å². The largest absolute Gasteiger partial charge is 0.469 e.